The molecule has 5 nitrogen and oxygen atoms in total. The van der Waals surface area contributed by atoms with Crippen LogP contribution < -0.4 is 10.2 Å². The van der Waals surface area contributed by atoms with Crippen molar-refractivity contribution in [1.82, 2.24) is 4.90 Å². The topological polar surface area (TPSA) is 52.7 Å². The van der Waals surface area contributed by atoms with Crippen LogP contribution in [0.25, 0.3) is 6.08 Å². The predicted octanol–water partition coefficient (Wildman–Crippen LogP) is 4.36. The molecule has 0 unspecified atom stereocenters. The van der Waals surface area contributed by atoms with Crippen molar-refractivity contribution in [3.8, 4) is 0 Å². The van der Waals surface area contributed by atoms with E-state index < -0.39 is 9.70 Å². The smallest absolute Gasteiger partial charge is 0.276 e. The number of nitrogens with zero attached hydrogens (tertiary/aromatic N) is 2. The van der Waals surface area contributed by atoms with Crippen LogP contribution in [0.5, 0.6) is 0 Å². The Morgan fingerprint density at radius 2 is 1.52 bits per heavy atom. The van der Waals surface area contributed by atoms with Crippen LogP contribution in [0.4, 0.5) is 11.4 Å². The average molecular weight is 453 g/mol. The number of anilines is 2. The van der Waals surface area contributed by atoms with Crippen molar-refractivity contribution in [3.63, 3.8) is 0 Å². The van der Waals surface area contributed by atoms with Crippen molar-refractivity contribution in [2.24, 2.45) is 0 Å². The SMILES string of the molecule is O=C(/C=C/c1ccccc1)N1CCN(c2ccc(NC(=O)C(Cl)(Cl)Cl)cc2)CC1. The number of benzene rings is 2. The van der Waals surface area contributed by atoms with Crippen LogP contribution in [0.1, 0.15) is 5.56 Å². The maximum absolute atomic E-state index is 12.4. The number of rotatable bonds is 4. The Balaban J connectivity index is 1.52. The third kappa shape index (κ3) is 6.13. The number of hydrogen-bond donors (Lipinski definition) is 1. The second kappa shape index (κ2) is 9.53. The standard InChI is InChI=1S/C21H20Cl3N3O2/c22-21(23,24)20(29)25-17-7-9-18(10-8-17)26-12-14-27(15-13-26)19(28)11-6-16-4-2-1-3-5-16/h1-11H,12-15H2,(H,25,29)/b11-6+. The Hall–Kier alpha value is -2.21. The Kier molecular flexibility index (Phi) is 7.06. The van der Waals surface area contributed by atoms with Gasteiger partial charge in [0.15, 0.2) is 0 Å². The van der Waals surface area contributed by atoms with E-state index in [4.69, 9.17) is 34.8 Å². The highest BCUT2D eigenvalue weighted by molar-refractivity contribution is 6.76. The van der Waals surface area contributed by atoms with Crippen molar-refractivity contribution in [2.75, 3.05) is 36.4 Å². The van der Waals surface area contributed by atoms with Gasteiger partial charge in [0.2, 0.25) is 5.91 Å². The molecule has 152 valence electrons. The molecule has 3 rings (SSSR count). The number of alkyl halides is 3. The summed E-state index contributed by atoms with van der Waals surface area (Å²) in [6.45, 7) is 2.74. The van der Waals surface area contributed by atoms with Gasteiger partial charge in [0.25, 0.3) is 9.70 Å². The van der Waals surface area contributed by atoms with Gasteiger partial charge in [0, 0.05) is 43.6 Å². The molecule has 1 saturated heterocycles. The van der Waals surface area contributed by atoms with Gasteiger partial charge in [-0.3, -0.25) is 9.59 Å². The number of carbonyl (C=O) groups is 2. The number of nitrogens with one attached hydrogen (secondary N) is 1. The zero-order valence-corrected chi connectivity index (χ0v) is 17.8. The molecule has 29 heavy (non-hydrogen) atoms. The predicted molar refractivity (Wildman–Crippen MR) is 120 cm³/mol. The van der Waals surface area contributed by atoms with Gasteiger partial charge in [0.1, 0.15) is 0 Å². The zero-order valence-electron chi connectivity index (χ0n) is 15.5. The molecule has 1 N–H and O–H groups in total. The first kappa shape index (κ1) is 21.5. The van der Waals surface area contributed by atoms with Gasteiger partial charge in [-0.15, -0.1) is 0 Å². The number of halogens is 3. The van der Waals surface area contributed by atoms with Crippen molar-refractivity contribution in [2.45, 2.75) is 3.79 Å². The summed E-state index contributed by atoms with van der Waals surface area (Å²) in [4.78, 5) is 28.1. The molecule has 1 aliphatic heterocycles. The quantitative estimate of drug-likeness (QED) is 0.554. The van der Waals surface area contributed by atoms with Crippen molar-refractivity contribution in [3.05, 3.63) is 66.2 Å². The second-order valence-electron chi connectivity index (χ2n) is 6.56. The highest BCUT2D eigenvalue weighted by atomic mass is 35.6. The molecule has 2 amide bonds. The van der Waals surface area contributed by atoms with Crippen molar-refractivity contribution in [1.29, 1.82) is 0 Å². The lowest BCUT2D eigenvalue weighted by Crippen LogP contribution is -2.48. The second-order valence-corrected chi connectivity index (χ2v) is 8.84. The van der Waals surface area contributed by atoms with Gasteiger partial charge in [0.05, 0.1) is 0 Å². The first-order valence-corrected chi connectivity index (χ1v) is 10.2. The van der Waals surface area contributed by atoms with E-state index in [1.165, 1.54) is 0 Å². The van der Waals surface area contributed by atoms with E-state index in [0.29, 0.717) is 18.8 Å². The molecule has 2 aromatic carbocycles. The Morgan fingerprint density at radius 3 is 2.10 bits per heavy atom. The summed E-state index contributed by atoms with van der Waals surface area (Å²) >= 11 is 16.7. The third-order valence-electron chi connectivity index (χ3n) is 4.56. The minimum absolute atomic E-state index is 0.0123. The lowest BCUT2D eigenvalue weighted by Gasteiger charge is -2.35. The molecule has 0 radical (unpaired) electrons. The van der Waals surface area contributed by atoms with E-state index in [9.17, 15) is 9.59 Å². The van der Waals surface area contributed by atoms with E-state index in [-0.39, 0.29) is 5.91 Å². The minimum Gasteiger partial charge on any atom is -0.368 e. The monoisotopic (exact) mass is 451 g/mol. The van der Waals surface area contributed by atoms with E-state index in [1.807, 2.05) is 53.4 Å². The summed E-state index contributed by atoms with van der Waals surface area (Å²) in [6, 6.07) is 17.0. The van der Waals surface area contributed by atoms with Gasteiger partial charge in [-0.25, -0.2) is 0 Å². The zero-order chi connectivity index (χ0) is 20.9. The van der Waals surface area contributed by atoms with E-state index in [0.717, 1.165) is 24.3 Å². The summed E-state index contributed by atoms with van der Waals surface area (Å²) in [5.74, 6) is -0.691. The number of amides is 2. The molecule has 0 saturated carbocycles. The first-order chi connectivity index (χ1) is 13.8. The highest BCUT2D eigenvalue weighted by Gasteiger charge is 2.30. The van der Waals surface area contributed by atoms with Gasteiger partial charge >= 0.3 is 0 Å². The van der Waals surface area contributed by atoms with Gasteiger partial charge in [-0.2, -0.15) is 0 Å². The summed E-state index contributed by atoms with van der Waals surface area (Å²) in [5.41, 5.74) is 2.55. The fourth-order valence-electron chi connectivity index (χ4n) is 2.98. The van der Waals surface area contributed by atoms with Crippen LogP contribution in [0, 0.1) is 0 Å². The Bertz CT molecular complexity index is 872. The molecule has 0 bridgehead atoms. The van der Waals surface area contributed by atoms with Crippen LogP contribution >= 0.6 is 34.8 Å². The van der Waals surface area contributed by atoms with Gasteiger partial charge in [-0.1, -0.05) is 65.1 Å². The minimum atomic E-state index is -2.00. The van der Waals surface area contributed by atoms with E-state index in [2.05, 4.69) is 10.2 Å². The van der Waals surface area contributed by atoms with Crippen molar-refractivity contribution >= 4 is 64.1 Å². The lowest BCUT2D eigenvalue weighted by molar-refractivity contribution is -0.126. The van der Waals surface area contributed by atoms with Crippen molar-refractivity contribution < 1.29 is 9.59 Å². The normalized spacial score (nSPS) is 14.9. The molecule has 1 aliphatic rings. The molecular weight excluding hydrogens is 433 g/mol. The fraction of sp³-hybridized carbons (Fsp3) is 0.238. The molecule has 0 atom stereocenters. The van der Waals surface area contributed by atoms with Crippen LogP contribution in [-0.2, 0) is 9.59 Å². The summed E-state index contributed by atoms with van der Waals surface area (Å²) in [6.07, 6.45) is 3.45. The van der Waals surface area contributed by atoms with Gasteiger partial charge in [-0.05, 0) is 35.9 Å². The largest absolute Gasteiger partial charge is 0.368 e. The van der Waals surface area contributed by atoms with Crippen LogP contribution in [0.3, 0.4) is 0 Å². The summed E-state index contributed by atoms with van der Waals surface area (Å²) < 4.78 is -2.00. The third-order valence-corrected chi connectivity index (χ3v) is 5.07. The maximum atomic E-state index is 12.4. The van der Waals surface area contributed by atoms with E-state index >= 15 is 0 Å². The molecule has 0 spiro atoms. The Morgan fingerprint density at radius 1 is 0.897 bits per heavy atom. The highest BCUT2D eigenvalue weighted by Crippen LogP contribution is 2.28. The van der Waals surface area contributed by atoms with Gasteiger partial charge < -0.3 is 15.1 Å². The molecule has 8 heteroatoms. The molecule has 1 fully saturated rings. The number of piperazine rings is 1. The first-order valence-electron chi connectivity index (χ1n) is 9.08. The molecule has 1 heterocycles. The Labute approximate surface area is 184 Å². The lowest BCUT2D eigenvalue weighted by atomic mass is 10.2. The number of hydrogen-bond acceptors (Lipinski definition) is 3. The van der Waals surface area contributed by atoms with Crippen LogP contribution in [-0.4, -0.2) is 46.7 Å². The average Bonchev–Trinajstić information content (AvgIpc) is 2.73. The number of carbonyl (C=O) groups excluding carboxylic acids is 2. The van der Waals surface area contributed by atoms with E-state index in [1.54, 1.807) is 18.2 Å². The van der Waals surface area contributed by atoms with Crippen LogP contribution in [0.2, 0.25) is 0 Å². The van der Waals surface area contributed by atoms with Crippen LogP contribution in [0.15, 0.2) is 60.7 Å². The fourth-order valence-corrected chi connectivity index (χ4v) is 3.12. The maximum Gasteiger partial charge on any atom is 0.276 e. The summed E-state index contributed by atoms with van der Waals surface area (Å²) in [5, 5.41) is 2.55. The molecular formula is C21H20Cl3N3O2. The molecule has 2 aromatic rings. The summed E-state index contributed by atoms with van der Waals surface area (Å²) in [7, 11) is 0. The molecule has 0 aliphatic carbocycles. The molecule has 0 aromatic heterocycles.